The van der Waals surface area contributed by atoms with E-state index in [9.17, 15) is 4.39 Å². The lowest BCUT2D eigenvalue weighted by atomic mass is 10.1. The van der Waals surface area contributed by atoms with Gasteiger partial charge in [-0.1, -0.05) is 25.1 Å². The van der Waals surface area contributed by atoms with Crippen molar-refractivity contribution in [1.29, 1.82) is 0 Å². The third-order valence-corrected chi connectivity index (χ3v) is 2.85. The smallest absolute Gasteiger partial charge is 0.129 e. The number of hydrogen-bond donors (Lipinski definition) is 0. The Kier molecular flexibility index (Phi) is 3.34. The van der Waals surface area contributed by atoms with Crippen molar-refractivity contribution >= 4 is 0 Å². The molecule has 0 spiro atoms. The molecule has 0 bridgehead atoms. The fourth-order valence-electron chi connectivity index (χ4n) is 1.91. The molecule has 1 aliphatic rings. The lowest BCUT2D eigenvalue weighted by Crippen LogP contribution is -2.38. The number of ether oxygens (including phenoxy) is 1. The molecule has 15 heavy (non-hydrogen) atoms. The second kappa shape index (κ2) is 4.73. The number of halogens is 1. The van der Waals surface area contributed by atoms with Gasteiger partial charge in [0.05, 0.1) is 12.7 Å². The topological polar surface area (TPSA) is 12.5 Å². The molecule has 2 nitrogen and oxygen atoms in total. The normalized spacial score (nSPS) is 22.9. The zero-order valence-corrected chi connectivity index (χ0v) is 8.95. The molecule has 82 valence electrons. The molecule has 1 heterocycles. The van der Waals surface area contributed by atoms with E-state index in [1.807, 2.05) is 6.07 Å². The Hall–Kier alpha value is -0.930. The van der Waals surface area contributed by atoms with Crippen LogP contribution in [0.1, 0.15) is 18.6 Å². The predicted octanol–water partition coefficient (Wildman–Crippen LogP) is 2.22. The van der Waals surface area contributed by atoms with E-state index >= 15 is 0 Å². The average molecular weight is 209 g/mol. The molecule has 0 aromatic heterocycles. The van der Waals surface area contributed by atoms with Crippen LogP contribution in [0.4, 0.5) is 4.39 Å². The Labute approximate surface area is 89.7 Å². The van der Waals surface area contributed by atoms with Crippen LogP contribution in [0.5, 0.6) is 0 Å². The molecule has 1 aliphatic heterocycles. The van der Waals surface area contributed by atoms with Crippen molar-refractivity contribution in [3.63, 3.8) is 0 Å². The Morgan fingerprint density at radius 2 is 2.27 bits per heavy atom. The second-order valence-corrected chi connectivity index (χ2v) is 3.77. The molecular formula is C12H16FNO. The monoisotopic (exact) mass is 209 g/mol. The maximum absolute atomic E-state index is 13.5. The molecule has 1 unspecified atom stereocenters. The maximum atomic E-state index is 13.5. The highest BCUT2D eigenvalue weighted by Crippen LogP contribution is 2.24. The first-order chi connectivity index (χ1) is 7.31. The summed E-state index contributed by atoms with van der Waals surface area (Å²) in [6.07, 6.45) is -0.111. The van der Waals surface area contributed by atoms with Gasteiger partial charge in [-0.15, -0.1) is 0 Å². The Morgan fingerprint density at radius 1 is 1.47 bits per heavy atom. The summed E-state index contributed by atoms with van der Waals surface area (Å²) < 4.78 is 19.1. The summed E-state index contributed by atoms with van der Waals surface area (Å²) in [5.74, 6) is -0.166. The summed E-state index contributed by atoms with van der Waals surface area (Å²) in [5, 5.41) is 0. The van der Waals surface area contributed by atoms with Crippen LogP contribution >= 0.6 is 0 Å². The Bertz CT molecular complexity index is 329. The summed E-state index contributed by atoms with van der Waals surface area (Å²) in [7, 11) is 0. The minimum Gasteiger partial charge on any atom is -0.371 e. The van der Waals surface area contributed by atoms with E-state index in [4.69, 9.17) is 4.74 Å². The highest BCUT2D eigenvalue weighted by molar-refractivity contribution is 5.20. The van der Waals surface area contributed by atoms with Crippen molar-refractivity contribution in [3.8, 4) is 0 Å². The van der Waals surface area contributed by atoms with Crippen LogP contribution in [0.25, 0.3) is 0 Å². The summed E-state index contributed by atoms with van der Waals surface area (Å²) in [6.45, 7) is 5.53. The largest absolute Gasteiger partial charge is 0.371 e. The van der Waals surface area contributed by atoms with Gasteiger partial charge in [-0.05, 0) is 12.6 Å². The number of rotatable bonds is 2. The third-order valence-electron chi connectivity index (χ3n) is 2.85. The van der Waals surface area contributed by atoms with E-state index < -0.39 is 0 Å². The quantitative estimate of drug-likeness (QED) is 0.740. The summed E-state index contributed by atoms with van der Waals surface area (Å²) in [5.41, 5.74) is 0.677. The van der Waals surface area contributed by atoms with Crippen molar-refractivity contribution < 1.29 is 9.13 Å². The van der Waals surface area contributed by atoms with Crippen LogP contribution in [0.15, 0.2) is 24.3 Å². The van der Waals surface area contributed by atoms with E-state index in [1.54, 1.807) is 12.1 Å². The molecule has 0 aliphatic carbocycles. The van der Waals surface area contributed by atoms with Crippen molar-refractivity contribution in [2.24, 2.45) is 0 Å². The van der Waals surface area contributed by atoms with E-state index in [-0.39, 0.29) is 11.9 Å². The molecule has 1 atom stereocenters. The molecule has 1 saturated heterocycles. The van der Waals surface area contributed by atoms with E-state index in [0.29, 0.717) is 12.2 Å². The SMILES string of the molecule is CCN1CCOC(c2ccccc2F)C1. The molecule has 0 saturated carbocycles. The predicted molar refractivity (Wildman–Crippen MR) is 57.2 cm³/mol. The molecule has 1 aromatic rings. The van der Waals surface area contributed by atoms with Crippen molar-refractivity contribution in [2.45, 2.75) is 13.0 Å². The lowest BCUT2D eigenvalue weighted by molar-refractivity contribution is -0.0297. The molecule has 1 fully saturated rings. The van der Waals surface area contributed by atoms with E-state index in [2.05, 4.69) is 11.8 Å². The maximum Gasteiger partial charge on any atom is 0.129 e. The van der Waals surface area contributed by atoms with Crippen molar-refractivity contribution in [2.75, 3.05) is 26.2 Å². The second-order valence-electron chi connectivity index (χ2n) is 3.77. The fourth-order valence-corrected chi connectivity index (χ4v) is 1.91. The van der Waals surface area contributed by atoms with Gasteiger partial charge in [0.25, 0.3) is 0 Å². The van der Waals surface area contributed by atoms with Gasteiger partial charge in [0.15, 0.2) is 0 Å². The number of morpholine rings is 1. The van der Waals surface area contributed by atoms with Gasteiger partial charge >= 0.3 is 0 Å². The third kappa shape index (κ3) is 2.36. The van der Waals surface area contributed by atoms with Gasteiger partial charge in [0.1, 0.15) is 5.82 Å². The first-order valence-electron chi connectivity index (χ1n) is 5.39. The van der Waals surface area contributed by atoms with Gasteiger partial charge in [-0.3, -0.25) is 4.90 Å². The highest BCUT2D eigenvalue weighted by Gasteiger charge is 2.22. The van der Waals surface area contributed by atoms with Crippen LogP contribution in [-0.4, -0.2) is 31.1 Å². The van der Waals surface area contributed by atoms with Gasteiger partial charge in [0, 0.05) is 18.7 Å². The highest BCUT2D eigenvalue weighted by atomic mass is 19.1. The Morgan fingerprint density at radius 3 is 3.00 bits per heavy atom. The summed E-state index contributed by atoms with van der Waals surface area (Å²) in [6, 6.07) is 6.86. The van der Waals surface area contributed by atoms with Crippen molar-refractivity contribution in [1.82, 2.24) is 4.90 Å². The van der Waals surface area contributed by atoms with Gasteiger partial charge in [-0.25, -0.2) is 4.39 Å². The number of nitrogens with zero attached hydrogens (tertiary/aromatic N) is 1. The number of benzene rings is 1. The van der Waals surface area contributed by atoms with Crippen LogP contribution in [0.3, 0.4) is 0 Å². The van der Waals surface area contributed by atoms with Crippen LogP contribution in [-0.2, 0) is 4.74 Å². The standard InChI is InChI=1S/C12H16FNO/c1-2-14-7-8-15-12(9-14)10-5-3-4-6-11(10)13/h3-6,12H,2,7-9H2,1H3. The molecule has 0 amide bonds. The zero-order valence-electron chi connectivity index (χ0n) is 8.95. The summed E-state index contributed by atoms with van der Waals surface area (Å²) in [4.78, 5) is 2.28. The zero-order chi connectivity index (χ0) is 10.7. The summed E-state index contributed by atoms with van der Waals surface area (Å²) >= 11 is 0. The van der Waals surface area contributed by atoms with Crippen LogP contribution in [0.2, 0.25) is 0 Å². The number of hydrogen-bond acceptors (Lipinski definition) is 2. The minimum atomic E-state index is -0.166. The molecule has 1 aromatic carbocycles. The van der Waals surface area contributed by atoms with Gasteiger partial charge < -0.3 is 4.74 Å². The number of likely N-dealkylation sites (N-methyl/N-ethyl adjacent to an activating group) is 1. The fraction of sp³-hybridized carbons (Fsp3) is 0.500. The molecule has 2 rings (SSSR count). The average Bonchev–Trinajstić information content (AvgIpc) is 2.30. The molecular weight excluding hydrogens is 193 g/mol. The van der Waals surface area contributed by atoms with Gasteiger partial charge in [-0.2, -0.15) is 0 Å². The first kappa shape index (κ1) is 10.6. The Balaban J connectivity index is 2.13. The van der Waals surface area contributed by atoms with E-state index in [1.165, 1.54) is 6.07 Å². The first-order valence-corrected chi connectivity index (χ1v) is 5.39. The van der Waals surface area contributed by atoms with Gasteiger partial charge in [0.2, 0.25) is 0 Å². The van der Waals surface area contributed by atoms with Crippen molar-refractivity contribution in [3.05, 3.63) is 35.6 Å². The molecule has 3 heteroatoms. The van der Waals surface area contributed by atoms with Crippen LogP contribution < -0.4 is 0 Å². The van der Waals surface area contributed by atoms with Crippen LogP contribution in [0, 0.1) is 5.82 Å². The lowest BCUT2D eigenvalue weighted by Gasteiger charge is -2.32. The minimum absolute atomic E-state index is 0.111. The molecule has 0 N–H and O–H groups in total. The molecule has 0 radical (unpaired) electrons. The van der Waals surface area contributed by atoms with E-state index in [0.717, 1.165) is 19.6 Å².